The van der Waals surface area contributed by atoms with E-state index in [4.69, 9.17) is 5.73 Å². The lowest BCUT2D eigenvalue weighted by molar-refractivity contribution is 0.590. The van der Waals surface area contributed by atoms with Gasteiger partial charge in [0.25, 0.3) is 0 Å². The minimum atomic E-state index is 0.191. The molecule has 0 amide bonds. The molecule has 2 nitrogen and oxygen atoms in total. The monoisotopic (exact) mass is 314 g/mol. The van der Waals surface area contributed by atoms with Gasteiger partial charge in [0.05, 0.1) is 10.2 Å². The zero-order valence-corrected chi connectivity index (χ0v) is 14.0. The van der Waals surface area contributed by atoms with Crippen LogP contribution in [0.15, 0.2) is 51.7 Å². The second kappa shape index (κ2) is 5.35. The maximum absolute atomic E-state index is 5.82. The average Bonchev–Trinajstić information content (AvgIpc) is 2.79. The summed E-state index contributed by atoms with van der Waals surface area (Å²) in [7, 11) is 0. The van der Waals surface area contributed by atoms with Gasteiger partial charge in [-0.15, -0.1) is 11.3 Å². The van der Waals surface area contributed by atoms with Crippen LogP contribution in [0.2, 0.25) is 0 Å². The molecule has 0 fully saturated rings. The molecule has 1 heterocycles. The van der Waals surface area contributed by atoms with E-state index < -0.39 is 0 Å². The molecule has 108 valence electrons. The van der Waals surface area contributed by atoms with Gasteiger partial charge in [-0.25, -0.2) is 4.98 Å². The number of benzene rings is 2. The van der Waals surface area contributed by atoms with Gasteiger partial charge in [-0.1, -0.05) is 44.7 Å². The van der Waals surface area contributed by atoms with E-state index in [0.29, 0.717) is 0 Å². The molecule has 0 saturated carbocycles. The summed E-state index contributed by atoms with van der Waals surface area (Å²) in [6.45, 7) is 6.69. The van der Waals surface area contributed by atoms with Crippen LogP contribution >= 0.6 is 23.1 Å². The fourth-order valence-corrected chi connectivity index (χ4v) is 4.18. The van der Waals surface area contributed by atoms with Crippen molar-refractivity contribution in [2.45, 2.75) is 35.4 Å². The highest BCUT2D eigenvalue weighted by Gasteiger charge is 2.13. The molecule has 0 aliphatic heterocycles. The first-order chi connectivity index (χ1) is 9.91. The van der Waals surface area contributed by atoms with Crippen molar-refractivity contribution in [2.75, 3.05) is 5.73 Å². The molecule has 0 bridgehead atoms. The van der Waals surface area contributed by atoms with Crippen molar-refractivity contribution >= 4 is 39.0 Å². The Morgan fingerprint density at radius 3 is 2.43 bits per heavy atom. The van der Waals surface area contributed by atoms with Crippen molar-refractivity contribution in [3.05, 3.63) is 48.0 Å². The van der Waals surface area contributed by atoms with Gasteiger partial charge in [-0.05, 0) is 41.3 Å². The second-order valence-corrected chi connectivity index (χ2v) is 8.43. The van der Waals surface area contributed by atoms with Gasteiger partial charge < -0.3 is 5.73 Å². The minimum absolute atomic E-state index is 0.191. The van der Waals surface area contributed by atoms with E-state index in [-0.39, 0.29) is 5.41 Å². The highest BCUT2D eigenvalue weighted by molar-refractivity contribution is 8.01. The second-order valence-electron chi connectivity index (χ2n) is 6.08. The SMILES string of the molecule is CC(C)(C)c1ccc(Sc2nc3ccc(N)cc3s2)cc1. The molecule has 3 aromatic rings. The van der Waals surface area contributed by atoms with Crippen LogP contribution in [-0.2, 0) is 5.41 Å². The number of thiazole rings is 1. The van der Waals surface area contributed by atoms with E-state index in [1.165, 1.54) is 10.5 Å². The largest absolute Gasteiger partial charge is 0.399 e. The fourth-order valence-electron chi connectivity index (χ4n) is 2.09. The molecule has 2 aromatic carbocycles. The van der Waals surface area contributed by atoms with Crippen LogP contribution in [0.5, 0.6) is 0 Å². The number of nitrogens with two attached hydrogens (primary N) is 1. The van der Waals surface area contributed by atoms with Crippen molar-refractivity contribution in [1.29, 1.82) is 0 Å². The topological polar surface area (TPSA) is 38.9 Å². The highest BCUT2D eigenvalue weighted by atomic mass is 32.2. The molecule has 0 radical (unpaired) electrons. The molecule has 0 saturated heterocycles. The zero-order valence-electron chi connectivity index (χ0n) is 12.4. The Kier molecular flexibility index (Phi) is 3.68. The Morgan fingerprint density at radius 2 is 1.76 bits per heavy atom. The molecule has 4 heteroatoms. The lowest BCUT2D eigenvalue weighted by Gasteiger charge is -2.18. The van der Waals surface area contributed by atoms with Crippen LogP contribution in [0.3, 0.4) is 0 Å². The van der Waals surface area contributed by atoms with Crippen LogP contribution in [0.1, 0.15) is 26.3 Å². The Bertz CT molecular complexity index is 768. The molecule has 3 rings (SSSR count). The maximum Gasteiger partial charge on any atom is 0.155 e. The number of anilines is 1. The summed E-state index contributed by atoms with van der Waals surface area (Å²) in [6.07, 6.45) is 0. The van der Waals surface area contributed by atoms with Crippen molar-refractivity contribution in [1.82, 2.24) is 4.98 Å². The summed E-state index contributed by atoms with van der Waals surface area (Å²) < 4.78 is 2.20. The first kappa shape index (κ1) is 14.4. The van der Waals surface area contributed by atoms with E-state index in [0.717, 1.165) is 20.2 Å². The van der Waals surface area contributed by atoms with E-state index in [2.05, 4.69) is 50.0 Å². The van der Waals surface area contributed by atoms with Crippen LogP contribution in [0.4, 0.5) is 5.69 Å². The smallest absolute Gasteiger partial charge is 0.155 e. The van der Waals surface area contributed by atoms with E-state index >= 15 is 0 Å². The number of aromatic nitrogens is 1. The fraction of sp³-hybridized carbons (Fsp3) is 0.235. The summed E-state index contributed by atoms with van der Waals surface area (Å²) in [6, 6.07) is 14.6. The van der Waals surface area contributed by atoms with E-state index in [1.807, 2.05) is 18.2 Å². The molecular weight excluding hydrogens is 296 g/mol. The molecular formula is C17H18N2S2. The number of fused-ring (bicyclic) bond motifs is 1. The Hall–Kier alpha value is -1.52. The summed E-state index contributed by atoms with van der Waals surface area (Å²) in [5.41, 5.74) is 9.16. The Labute approximate surface area is 133 Å². The molecule has 0 unspecified atom stereocenters. The van der Waals surface area contributed by atoms with Crippen LogP contribution in [0.25, 0.3) is 10.2 Å². The van der Waals surface area contributed by atoms with Gasteiger partial charge in [0.15, 0.2) is 4.34 Å². The molecule has 0 aliphatic carbocycles. The Balaban J connectivity index is 1.84. The van der Waals surface area contributed by atoms with E-state index in [1.54, 1.807) is 23.1 Å². The maximum atomic E-state index is 5.82. The zero-order chi connectivity index (χ0) is 15.0. The predicted octanol–water partition coefficient (Wildman–Crippen LogP) is 5.33. The first-order valence-electron chi connectivity index (χ1n) is 6.86. The summed E-state index contributed by atoms with van der Waals surface area (Å²) in [5, 5.41) is 0. The van der Waals surface area contributed by atoms with Gasteiger partial charge in [0, 0.05) is 10.6 Å². The number of hydrogen-bond donors (Lipinski definition) is 1. The van der Waals surface area contributed by atoms with Crippen molar-refractivity contribution in [3.63, 3.8) is 0 Å². The van der Waals surface area contributed by atoms with Crippen molar-refractivity contribution in [3.8, 4) is 0 Å². The summed E-state index contributed by atoms with van der Waals surface area (Å²) in [5.74, 6) is 0. The minimum Gasteiger partial charge on any atom is -0.399 e. The Morgan fingerprint density at radius 1 is 1.05 bits per heavy atom. The van der Waals surface area contributed by atoms with Gasteiger partial charge >= 0.3 is 0 Å². The van der Waals surface area contributed by atoms with Gasteiger partial charge in [-0.3, -0.25) is 0 Å². The molecule has 2 N–H and O–H groups in total. The number of nitrogens with zero attached hydrogens (tertiary/aromatic N) is 1. The molecule has 21 heavy (non-hydrogen) atoms. The summed E-state index contributed by atoms with van der Waals surface area (Å²) in [4.78, 5) is 5.86. The van der Waals surface area contributed by atoms with Crippen LogP contribution in [-0.4, -0.2) is 4.98 Å². The average molecular weight is 314 g/mol. The third-order valence-corrected chi connectivity index (χ3v) is 5.40. The normalized spacial score (nSPS) is 12.0. The standard InChI is InChI=1S/C17H18N2S2/c1-17(2,3)11-4-7-13(8-5-11)20-16-19-14-9-6-12(18)10-15(14)21-16/h4-10H,18H2,1-3H3. The van der Waals surface area contributed by atoms with Crippen molar-refractivity contribution in [2.24, 2.45) is 0 Å². The van der Waals surface area contributed by atoms with Gasteiger partial charge in [-0.2, -0.15) is 0 Å². The molecule has 0 aliphatic rings. The van der Waals surface area contributed by atoms with Gasteiger partial charge in [0.2, 0.25) is 0 Å². The third kappa shape index (κ3) is 3.22. The lowest BCUT2D eigenvalue weighted by Crippen LogP contribution is -2.10. The molecule has 1 aromatic heterocycles. The highest BCUT2D eigenvalue weighted by Crippen LogP contribution is 2.35. The summed E-state index contributed by atoms with van der Waals surface area (Å²) >= 11 is 3.39. The lowest BCUT2D eigenvalue weighted by atomic mass is 9.87. The number of rotatable bonds is 2. The van der Waals surface area contributed by atoms with Crippen LogP contribution < -0.4 is 5.73 Å². The number of nitrogen functional groups attached to an aromatic ring is 1. The van der Waals surface area contributed by atoms with Crippen LogP contribution in [0, 0.1) is 0 Å². The molecule has 0 atom stereocenters. The van der Waals surface area contributed by atoms with E-state index in [9.17, 15) is 0 Å². The number of hydrogen-bond acceptors (Lipinski definition) is 4. The quantitative estimate of drug-likeness (QED) is 0.650. The van der Waals surface area contributed by atoms with Gasteiger partial charge in [0.1, 0.15) is 0 Å². The third-order valence-electron chi connectivity index (χ3n) is 3.32. The first-order valence-corrected chi connectivity index (χ1v) is 8.49. The molecule has 0 spiro atoms. The van der Waals surface area contributed by atoms with Crippen molar-refractivity contribution < 1.29 is 0 Å². The predicted molar refractivity (Wildman–Crippen MR) is 93.3 cm³/mol.